The van der Waals surface area contributed by atoms with Gasteiger partial charge in [0.25, 0.3) is 0 Å². The van der Waals surface area contributed by atoms with Crippen LogP contribution < -0.4 is 10.5 Å². The Bertz CT molecular complexity index is 695. The van der Waals surface area contributed by atoms with Gasteiger partial charge in [0.1, 0.15) is 0 Å². The summed E-state index contributed by atoms with van der Waals surface area (Å²) in [4.78, 5) is 2.32. The van der Waals surface area contributed by atoms with Gasteiger partial charge in [-0.3, -0.25) is 4.90 Å². The third kappa shape index (κ3) is 3.89. The Morgan fingerprint density at radius 2 is 1.96 bits per heavy atom. The number of rotatable bonds is 3. The van der Waals surface area contributed by atoms with Crippen molar-refractivity contribution >= 4 is 30.5 Å². The minimum atomic E-state index is 0. The van der Waals surface area contributed by atoms with E-state index in [-0.39, 0.29) is 36.6 Å². The van der Waals surface area contributed by atoms with Crippen LogP contribution in [0.2, 0.25) is 0 Å². The average Bonchev–Trinajstić information content (AvgIpc) is 2.51. The van der Waals surface area contributed by atoms with Crippen LogP contribution in [-0.4, -0.2) is 30.7 Å². The number of nitrogens with two attached hydrogens (primary N) is 1. The number of nitrogens with zero attached hydrogens (tertiary/aromatic N) is 1. The normalized spacial score (nSPS) is 16.5. The first-order valence-corrected chi connectivity index (χ1v) is 7.53. The summed E-state index contributed by atoms with van der Waals surface area (Å²) in [6, 6.07) is 12.0. The molecule has 1 aliphatic heterocycles. The number of hydrogen-bond donors (Lipinski definition) is 2. The predicted molar refractivity (Wildman–Crippen MR) is 103 cm³/mol. The van der Waals surface area contributed by atoms with Gasteiger partial charge in [-0.15, -0.1) is 24.8 Å². The molecule has 0 saturated carbocycles. The summed E-state index contributed by atoms with van der Waals surface area (Å²) in [6.07, 6.45) is 1.80. The SMILES string of the molecule is COc1cc2c(cc1O)C(Cc1ccccc1N)N(C)CC2.Cl.Cl. The number of halogens is 2. The minimum Gasteiger partial charge on any atom is -0.504 e. The fourth-order valence-corrected chi connectivity index (χ4v) is 3.20. The molecule has 0 aliphatic carbocycles. The summed E-state index contributed by atoms with van der Waals surface area (Å²) in [6.45, 7) is 0.984. The zero-order valence-electron chi connectivity index (χ0n) is 13.9. The molecule has 4 nitrogen and oxygen atoms in total. The van der Waals surface area contributed by atoms with Crippen molar-refractivity contribution in [3.63, 3.8) is 0 Å². The molecule has 1 atom stereocenters. The van der Waals surface area contributed by atoms with Crippen molar-refractivity contribution in [3.05, 3.63) is 53.1 Å². The van der Waals surface area contributed by atoms with Gasteiger partial charge in [0.15, 0.2) is 11.5 Å². The number of phenolic OH excluding ortho intramolecular Hbond substituents is 1. The quantitative estimate of drug-likeness (QED) is 0.810. The van der Waals surface area contributed by atoms with Crippen LogP contribution in [-0.2, 0) is 12.8 Å². The Labute approximate surface area is 155 Å². The van der Waals surface area contributed by atoms with Crippen LogP contribution in [0.3, 0.4) is 0 Å². The van der Waals surface area contributed by atoms with Crippen LogP contribution in [0.4, 0.5) is 5.69 Å². The molecule has 1 unspecified atom stereocenters. The molecule has 6 heteroatoms. The van der Waals surface area contributed by atoms with Crippen molar-refractivity contribution in [1.82, 2.24) is 4.90 Å². The van der Waals surface area contributed by atoms with Gasteiger partial charge in [-0.1, -0.05) is 18.2 Å². The van der Waals surface area contributed by atoms with Crippen molar-refractivity contribution in [2.75, 3.05) is 26.4 Å². The summed E-state index contributed by atoms with van der Waals surface area (Å²) in [5.41, 5.74) is 10.5. The van der Waals surface area contributed by atoms with Gasteiger partial charge in [-0.25, -0.2) is 0 Å². The van der Waals surface area contributed by atoms with Crippen LogP contribution in [0.15, 0.2) is 36.4 Å². The molecule has 0 fully saturated rings. The zero-order valence-corrected chi connectivity index (χ0v) is 15.5. The van der Waals surface area contributed by atoms with Gasteiger partial charge >= 0.3 is 0 Å². The Balaban J connectivity index is 0.00000144. The monoisotopic (exact) mass is 370 g/mol. The number of methoxy groups -OCH3 is 1. The number of benzene rings is 2. The fourth-order valence-electron chi connectivity index (χ4n) is 3.20. The summed E-state index contributed by atoms with van der Waals surface area (Å²) >= 11 is 0. The summed E-state index contributed by atoms with van der Waals surface area (Å²) in [5.74, 6) is 0.740. The molecular weight excluding hydrogens is 347 g/mol. The summed E-state index contributed by atoms with van der Waals surface area (Å²) < 4.78 is 5.23. The molecular formula is C18H24Cl2N2O2. The van der Waals surface area contributed by atoms with E-state index in [1.54, 1.807) is 7.11 Å². The van der Waals surface area contributed by atoms with Crippen LogP contribution in [0.5, 0.6) is 11.5 Å². The van der Waals surface area contributed by atoms with Crippen molar-refractivity contribution in [2.45, 2.75) is 18.9 Å². The summed E-state index contributed by atoms with van der Waals surface area (Å²) in [7, 11) is 3.70. The van der Waals surface area contributed by atoms with E-state index < -0.39 is 0 Å². The molecule has 2 aromatic carbocycles. The molecule has 1 aliphatic rings. The highest BCUT2D eigenvalue weighted by Gasteiger charge is 2.27. The number of para-hydroxylation sites is 1. The highest BCUT2D eigenvalue weighted by atomic mass is 35.5. The Morgan fingerprint density at radius 3 is 2.62 bits per heavy atom. The van der Waals surface area contributed by atoms with Crippen molar-refractivity contribution in [1.29, 1.82) is 0 Å². The van der Waals surface area contributed by atoms with Crippen LogP contribution in [0.25, 0.3) is 0 Å². The van der Waals surface area contributed by atoms with Gasteiger partial charge in [0.2, 0.25) is 0 Å². The standard InChI is InChI=1S/C18H22N2O2.2ClH/c1-20-8-7-12-10-18(22-2)17(21)11-14(12)16(20)9-13-5-3-4-6-15(13)19;;/h3-6,10-11,16,21H,7-9,19H2,1-2H3;2*1H. The molecule has 1 heterocycles. The number of likely N-dealkylation sites (N-methyl/N-ethyl adjacent to an activating group) is 1. The lowest BCUT2D eigenvalue weighted by atomic mass is 9.88. The molecule has 132 valence electrons. The van der Waals surface area contributed by atoms with E-state index in [2.05, 4.69) is 18.0 Å². The second-order valence-electron chi connectivity index (χ2n) is 5.87. The zero-order chi connectivity index (χ0) is 15.7. The highest BCUT2D eigenvalue weighted by molar-refractivity contribution is 5.85. The molecule has 2 aromatic rings. The smallest absolute Gasteiger partial charge is 0.160 e. The number of nitrogen functional groups attached to an aromatic ring is 1. The summed E-state index contributed by atoms with van der Waals surface area (Å²) in [5, 5.41) is 10.1. The van der Waals surface area contributed by atoms with E-state index in [4.69, 9.17) is 10.5 Å². The maximum atomic E-state index is 10.1. The molecule has 0 aromatic heterocycles. The van der Waals surface area contributed by atoms with E-state index in [0.29, 0.717) is 5.75 Å². The van der Waals surface area contributed by atoms with Crippen molar-refractivity contribution < 1.29 is 9.84 Å². The van der Waals surface area contributed by atoms with E-state index in [0.717, 1.165) is 36.2 Å². The Morgan fingerprint density at radius 1 is 1.25 bits per heavy atom. The van der Waals surface area contributed by atoms with Crippen molar-refractivity contribution in [2.24, 2.45) is 0 Å². The second-order valence-corrected chi connectivity index (χ2v) is 5.87. The fraction of sp³-hybridized carbons (Fsp3) is 0.333. The van der Waals surface area contributed by atoms with Gasteiger partial charge < -0.3 is 15.6 Å². The first-order valence-electron chi connectivity index (χ1n) is 7.53. The van der Waals surface area contributed by atoms with E-state index >= 15 is 0 Å². The second kappa shape index (κ2) is 8.47. The topological polar surface area (TPSA) is 58.7 Å². The molecule has 0 radical (unpaired) electrons. The number of hydrogen-bond acceptors (Lipinski definition) is 4. The maximum Gasteiger partial charge on any atom is 0.160 e. The average molecular weight is 371 g/mol. The van der Waals surface area contributed by atoms with Crippen LogP contribution in [0, 0.1) is 0 Å². The molecule has 3 N–H and O–H groups in total. The lowest BCUT2D eigenvalue weighted by Gasteiger charge is -2.35. The van der Waals surface area contributed by atoms with Gasteiger partial charge in [0.05, 0.1) is 7.11 Å². The number of aromatic hydroxyl groups is 1. The third-order valence-corrected chi connectivity index (χ3v) is 4.53. The number of anilines is 1. The Hall–Kier alpha value is -1.62. The van der Waals surface area contributed by atoms with Crippen LogP contribution in [0.1, 0.15) is 22.7 Å². The first kappa shape index (κ1) is 20.4. The van der Waals surface area contributed by atoms with Gasteiger partial charge in [-0.2, -0.15) is 0 Å². The molecule has 0 amide bonds. The van der Waals surface area contributed by atoms with Crippen molar-refractivity contribution in [3.8, 4) is 11.5 Å². The van der Waals surface area contributed by atoms with Crippen LogP contribution >= 0.6 is 24.8 Å². The lowest BCUT2D eigenvalue weighted by Crippen LogP contribution is -2.33. The number of fused-ring (bicyclic) bond motifs is 1. The van der Waals surface area contributed by atoms with E-state index in [9.17, 15) is 5.11 Å². The molecule has 24 heavy (non-hydrogen) atoms. The maximum absolute atomic E-state index is 10.1. The number of ether oxygens (including phenoxy) is 1. The highest BCUT2D eigenvalue weighted by Crippen LogP contribution is 2.38. The Kier molecular flexibility index (Phi) is 7.21. The molecule has 0 bridgehead atoms. The lowest BCUT2D eigenvalue weighted by molar-refractivity contribution is 0.228. The third-order valence-electron chi connectivity index (χ3n) is 4.53. The first-order chi connectivity index (χ1) is 10.6. The van der Waals surface area contributed by atoms with E-state index in [1.165, 1.54) is 5.56 Å². The van der Waals surface area contributed by atoms with E-state index in [1.807, 2.05) is 30.3 Å². The molecule has 3 rings (SSSR count). The largest absolute Gasteiger partial charge is 0.504 e. The minimum absolute atomic E-state index is 0. The van der Waals surface area contributed by atoms with Gasteiger partial charge in [-0.05, 0) is 54.8 Å². The van der Waals surface area contributed by atoms with Gasteiger partial charge in [0, 0.05) is 18.3 Å². The predicted octanol–water partition coefficient (Wildman–Crippen LogP) is 3.60. The molecule has 0 spiro atoms. The molecule has 0 saturated heterocycles. The number of phenols is 1.